The van der Waals surface area contributed by atoms with E-state index in [1.165, 1.54) is 0 Å². The lowest BCUT2D eigenvalue weighted by molar-refractivity contribution is -0.148. The van der Waals surface area contributed by atoms with E-state index in [4.69, 9.17) is 5.11 Å². The van der Waals surface area contributed by atoms with Crippen molar-refractivity contribution >= 4 is 5.97 Å². The van der Waals surface area contributed by atoms with Gasteiger partial charge in [-0.15, -0.1) is 0 Å². The lowest BCUT2D eigenvalue weighted by atomic mass is 10.00. The SMILES string of the molecule is CN1CC2CC1(C(=O)O)CN2. The molecule has 11 heavy (non-hydrogen) atoms. The van der Waals surface area contributed by atoms with Gasteiger partial charge in [0.15, 0.2) is 0 Å². The molecule has 0 aliphatic carbocycles. The molecule has 0 spiro atoms. The van der Waals surface area contributed by atoms with Gasteiger partial charge in [0, 0.05) is 19.1 Å². The minimum absolute atomic E-state index is 0.399. The molecule has 2 bridgehead atoms. The summed E-state index contributed by atoms with van der Waals surface area (Å²) in [4.78, 5) is 12.9. The van der Waals surface area contributed by atoms with Crippen LogP contribution in [0, 0.1) is 0 Å². The molecule has 0 amide bonds. The molecule has 2 aliphatic rings. The molecule has 0 saturated carbocycles. The minimum atomic E-state index is -0.687. The summed E-state index contributed by atoms with van der Waals surface area (Å²) in [7, 11) is 1.88. The first-order chi connectivity index (χ1) is 5.15. The van der Waals surface area contributed by atoms with E-state index in [9.17, 15) is 4.79 Å². The van der Waals surface area contributed by atoms with Gasteiger partial charge in [-0.3, -0.25) is 9.69 Å². The highest BCUT2D eigenvalue weighted by Crippen LogP contribution is 2.32. The van der Waals surface area contributed by atoms with E-state index in [1.54, 1.807) is 0 Å². The van der Waals surface area contributed by atoms with Crippen LogP contribution in [0.3, 0.4) is 0 Å². The fourth-order valence-electron chi connectivity index (χ4n) is 2.12. The van der Waals surface area contributed by atoms with Crippen LogP contribution in [0.5, 0.6) is 0 Å². The Bertz CT molecular complexity index is 207. The van der Waals surface area contributed by atoms with Gasteiger partial charge in [-0.05, 0) is 13.5 Å². The lowest BCUT2D eigenvalue weighted by Crippen LogP contribution is -2.55. The molecule has 0 aromatic rings. The molecule has 62 valence electrons. The number of likely N-dealkylation sites (N-methyl/N-ethyl adjacent to an activating group) is 1. The van der Waals surface area contributed by atoms with Crippen LogP contribution < -0.4 is 5.32 Å². The van der Waals surface area contributed by atoms with Crippen LogP contribution in [-0.4, -0.2) is 47.7 Å². The van der Waals surface area contributed by atoms with Crippen molar-refractivity contribution in [1.82, 2.24) is 10.2 Å². The molecular weight excluding hydrogens is 144 g/mol. The van der Waals surface area contributed by atoms with Crippen molar-refractivity contribution in [1.29, 1.82) is 0 Å². The second kappa shape index (κ2) is 1.95. The normalized spacial score (nSPS) is 43.2. The van der Waals surface area contributed by atoms with Crippen molar-refractivity contribution in [2.24, 2.45) is 0 Å². The van der Waals surface area contributed by atoms with Gasteiger partial charge >= 0.3 is 5.97 Å². The number of carbonyl (C=O) groups is 1. The Labute approximate surface area is 65.2 Å². The number of likely N-dealkylation sites (tertiary alicyclic amines) is 1. The maximum atomic E-state index is 10.9. The Hall–Kier alpha value is -0.610. The Morgan fingerprint density at radius 2 is 2.55 bits per heavy atom. The molecule has 2 unspecified atom stereocenters. The third kappa shape index (κ3) is 0.736. The molecule has 2 saturated heterocycles. The van der Waals surface area contributed by atoms with Gasteiger partial charge < -0.3 is 10.4 Å². The molecule has 2 atom stereocenters. The zero-order chi connectivity index (χ0) is 8.06. The number of fused-ring (bicyclic) bond motifs is 2. The van der Waals surface area contributed by atoms with Crippen LogP contribution in [0.25, 0.3) is 0 Å². The molecule has 0 aromatic heterocycles. The summed E-state index contributed by atoms with van der Waals surface area (Å²) < 4.78 is 0. The molecule has 0 radical (unpaired) electrons. The Kier molecular flexibility index (Phi) is 1.25. The van der Waals surface area contributed by atoms with Crippen molar-refractivity contribution in [2.45, 2.75) is 18.0 Å². The van der Waals surface area contributed by atoms with Gasteiger partial charge in [0.05, 0.1) is 0 Å². The van der Waals surface area contributed by atoms with E-state index in [0.717, 1.165) is 13.0 Å². The topological polar surface area (TPSA) is 52.6 Å². The Morgan fingerprint density at radius 3 is 2.82 bits per heavy atom. The summed E-state index contributed by atoms with van der Waals surface area (Å²) in [5.41, 5.74) is -0.593. The number of nitrogens with one attached hydrogen (secondary N) is 1. The first-order valence-electron chi connectivity index (χ1n) is 3.83. The van der Waals surface area contributed by atoms with Crippen LogP contribution in [0.15, 0.2) is 0 Å². The van der Waals surface area contributed by atoms with E-state index < -0.39 is 11.5 Å². The molecular formula is C7H12N2O2. The molecule has 2 aliphatic heterocycles. The molecule has 2 fully saturated rings. The van der Waals surface area contributed by atoms with Crippen molar-refractivity contribution < 1.29 is 9.90 Å². The van der Waals surface area contributed by atoms with Crippen LogP contribution >= 0.6 is 0 Å². The van der Waals surface area contributed by atoms with E-state index in [0.29, 0.717) is 12.6 Å². The maximum Gasteiger partial charge on any atom is 0.325 e. The summed E-state index contributed by atoms with van der Waals surface area (Å²) >= 11 is 0. The first-order valence-corrected chi connectivity index (χ1v) is 3.83. The van der Waals surface area contributed by atoms with Gasteiger partial charge in [-0.1, -0.05) is 0 Å². The first kappa shape index (κ1) is 7.06. The number of carboxylic acids is 1. The Balaban J connectivity index is 2.29. The third-order valence-corrected chi connectivity index (χ3v) is 2.89. The fraction of sp³-hybridized carbons (Fsp3) is 0.857. The fourth-order valence-corrected chi connectivity index (χ4v) is 2.12. The minimum Gasteiger partial charge on any atom is -0.480 e. The highest BCUT2D eigenvalue weighted by atomic mass is 16.4. The summed E-state index contributed by atoms with van der Waals surface area (Å²) in [6, 6.07) is 0.399. The largest absolute Gasteiger partial charge is 0.480 e. The predicted octanol–water partition coefficient (Wildman–Crippen LogP) is -0.883. The lowest BCUT2D eigenvalue weighted by Gasteiger charge is -2.31. The van der Waals surface area contributed by atoms with Crippen LogP contribution in [-0.2, 0) is 4.79 Å². The smallest absolute Gasteiger partial charge is 0.325 e. The number of hydrogen-bond donors (Lipinski definition) is 2. The molecule has 0 aromatic carbocycles. The highest BCUT2D eigenvalue weighted by Gasteiger charge is 2.54. The quantitative estimate of drug-likeness (QED) is 0.517. The van der Waals surface area contributed by atoms with E-state index >= 15 is 0 Å². The monoisotopic (exact) mass is 156 g/mol. The van der Waals surface area contributed by atoms with Crippen molar-refractivity contribution in [3.05, 3.63) is 0 Å². The average Bonchev–Trinajstić information content (AvgIpc) is 2.43. The van der Waals surface area contributed by atoms with E-state index in [-0.39, 0.29) is 0 Å². The van der Waals surface area contributed by atoms with Crippen molar-refractivity contribution in [2.75, 3.05) is 20.1 Å². The second-order valence-electron chi connectivity index (χ2n) is 3.50. The molecule has 2 heterocycles. The Morgan fingerprint density at radius 1 is 1.82 bits per heavy atom. The second-order valence-corrected chi connectivity index (χ2v) is 3.50. The predicted molar refractivity (Wildman–Crippen MR) is 39.4 cm³/mol. The number of rotatable bonds is 1. The summed E-state index contributed by atoms with van der Waals surface area (Å²) in [5.74, 6) is -0.687. The average molecular weight is 156 g/mol. The number of aliphatic carboxylic acids is 1. The zero-order valence-electron chi connectivity index (χ0n) is 6.50. The summed E-state index contributed by atoms with van der Waals surface area (Å²) in [6.45, 7) is 1.47. The number of hydrogen-bond acceptors (Lipinski definition) is 3. The number of piperazine rings is 1. The summed E-state index contributed by atoms with van der Waals surface area (Å²) in [5, 5.41) is 12.2. The molecule has 2 N–H and O–H groups in total. The van der Waals surface area contributed by atoms with Crippen LogP contribution in [0.2, 0.25) is 0 Å². The molecule has 4 nitrogen and oxygen atoms in total. The van der Waals surface area contributed by atoms with Crippen molar-refractivity contribution in [3.8, 4) is 0 Å². The van der Waals surface area contributed by atoms with Crippen LogP contribution in [0.4, 0.5) is 0 Å². The highest BCUT2D eigenvalue weighted by molar-refractivity contribution is 5.80. The number of carboxylic acid groups (broad SMARTS) is 1. The molecule has 2 rings (SSSR count). The van der Waals surface area contributed by atoms with Crippen LogP contribution in [0.1, 0.15) is 6.42 Å². The van der Waals surface area contributed by atoms with Crippen molar-refractivity contribution in [3.63, 3.8) is 0 Å². The zero-order valence-corrected chi connectivity index (χ0v) is 6.50. The standard InChI is InChI=1S/C7H12N2O2/c1-9-3-5-2-7(9,4-8-5)6(10)11/h5,8H,2-4H2,1H3,(H,10,11). The molecule has 4 heteroatoms. The van der Waals surface area contributed by atoms with Gasteiger partial charge in [0.1, 0.15) is 5.54 Å². The third-order valence-electron chi connectivity index (χ3n) is 2.89. The maximum absolute atomic E-state index is 10.9. The van der Waals surface area contributed by atoms with Gasteiger partial charge in [0.2, 0.25) is 0 Å². The van der Waals surface area contributed by atoms with E-state index in [2.05, 4.69) is 5.32 Å². The number of nitrogens with zero attached hydrogens (tertiary/aromatic N) is 1. The van der Waals surface area contributed by atoms with Gasteiger partial charge in [-0.25, -0.2) is 0 Å². The summed E-state index contributed by atoms with van der Waals surface area (Å²) in [6.07, 6.45) is 0.763. The van der Waals surface area contributed by atoms with Gasteiger partial charge in [-0.2, -0.15) is 0 Å². The van der Waals surface area contributed by atoms with E-state index in [1.807, 2.05) is 11.9 Å². The van der Waals surface area contributed by atoms with Gasteiger partial charge in [0.25, 0.3) is 0 Å².